The Kier molecular flexibility index (Phi) is 6.71. The summed E-state index contributed by atoms with van der Waals surface area (Å²) in [4.78, 5) is 36.1. The Morgan fingerprint density at radius 3 is 2.37 bits per heavy atom. The van der Waals surface area contributed by atoms with E-state index in [0.29, 0.717) is 11.3 Å². The van der Waals surface area contributed by atoms with Crippen molar-refractivity contribution in [2.75, 3.05) is 11.9 Å². The van der Waals surface area contributed by atoms with Crippen LogP contribution < -0.4 is 10.6 Å². The van der Waals surface area contributed by atoms with Gasteiger partial charge in [-0.25, -0.2) is 0 Å². The first kappa shape index (κ1) is 20.2. The van der Waals surface area contributed by atoms with Gasteiger partial charge in [-0.3, -0.25) is 14.4 Å². The molecule has 27 heavy (non-hydrogen) atoms. The van der Waals surface area contributed by atoms with Gasteiger partial charge in [-0.1, -0.05) is 35.4 Å². The van der Waals surface area contributed by atoms with Gasteiger partial charge in [0.25, 0.3) is 11.8 Å². The molecule has 0 bridgehead atoms. The minimum Gasteiger partial charge on any atom is -0.451 e. The molecule has 6 nitrogen and oxygen atoms in total. The SMILES string of the molecule is Cc1cccc(C(=O)NCC(=O)OC(C)C(=O)Nc2ccc(C)cc2C)c1. The fourth-order valence-corrected chi connectivity index (χ4v) is 2.52. The quantitative estimate of drug-likeness (QED) is 0.768. The molecule has 0 spiro atoms. The first-order chi connectivity index (χ1) is 12.8. The molecule has 0 aromatic heterocycles. The lowest BCUT2D eigenvalue weighted by atomic mass is 10.1. The average molecular weight is 368 g/mol. The van der Waals surface area contributed by atoms with Gasteiger partial charge in [0.15, 0.2) is 6.10 Å². The van der Waals surface area contributed by atoms with Crippen molar-refractivity contribution in [1.82, 2.24) is 5.32 Å². The molecule has 0 aliphatic carbocycles. The maximum absolute atomic E-state index is 12.2. The summed E-state index contributed by atoms with van der Waals surface area (Å²) in [6, 6.07) is 12.7. The maximum Gasteiger partial charge on any atom is 0.326 e. The van der Waals surface area contributed by atoms with Gasteiger partial charge in [-0.2, -0.15) is 0 Å². The number of amides is 2. The molecular formula is C21H24N2O4. The molecule has 2 rings (SSSR count). The third-order valence-corrected chi connectivity index (χ3v) is 3.99. The largest absolute Gasteiger partial charge is 0.451 e. The van der Waals surface area contributed by atoms with Crippen LogP contribution >= 0.6 is 0 Å². The van der Waals surface area contributed by atoms with Crippen molar-refractivity contribution in [2.45, 2.75) is 33.8 Å². The van der Waals surface area contributed by atoms with Crippen molar-refractivity contribution < 1.29 is 19.1 Å². The van der Waals surface area contributed by atoms with E-state index in [1.807, 2.05) is 39.0 Å². The Balaban J connectivity index is 1.83. The third kappa shape index (κ3) is 5.95. The van der Waals surface area contributed by atoms with Crippen LogP contribution in [0.25, 0.3) is 0 Å². The molecule has 2 aromatic rings. The van der Waals surface area contributed by atoms with Gasteiger partial charge in [0.2, 0.25) is 0 Å². The van der Waals surface area contributed by atoms with E-state index in [1.54, 1.807) is 24.3 Å². The summed E-state index contributed by atoms with van der Waals surface area (Å²) in [6.07, 6.45) is -0.978. The predicted octanol–water partition coefficient (Wildman–Crippen LogP) is 2.91. The van der Waals surface area contributed by atoms with Crippen LogP contribution in [0.5, 0.6) is 0 Å². The van der Waals surface area contributed by atoms with Gasteiger partial charge >= 0.3 is 5.97 Å². The zero-order chi connectivity index (χ0) is 20.0. The molecular weight excluding hydrogens is 344 g/mol. The highest BCUT2D eigenvalue weighted by Gasteiger charge is 2.19. The Labute approximate surface area is 158 Å². The Morgan fingerprint density at radius 1 is 1.00 bits per heavy atom. The second kappa shape index (κ2) is 8.98. The van der Waals surface area contributed by atoms with Gasteiger partial charge < -0.3 is 15.4 Å². The van der Waals surface area contributed by atoms with Crippen LogP contribution in [0.4, 0.5) is 5.69 Å². The molecule has 0 aliphatic rings. The zero-order valence-electron chi connectivity index (χ0n) is 16.0. The number of esters is 1. The highest BCUT2D eigenvalue weighted by atomic mass is 16.5. The first-order valence-corrected chi connectivity index (χ1v) is 8.68. The van der Waals surface area contributed by atoms with Crippen molar-refractivity contribution in [2.24, 2.45) is 0 Å². The van der Waals surface area contributed by atoms with Crippen molar-refractivity contribution in [3.63, 3.8) is 0 Å². The van der Waals surface area contributed by atoms with E-state index < -0.39 is 18.0 Å². The summed E-state index contributed by atoms with van der Waals surface area (Å²) in [7, 11) is 0. The summed E-state index contributed by atoms with van der Waals surface area (Å²) >= 11 is 0. The number of aryl methyl sites for hydroxylation is 3. The molecule has 6 heteroatoms. The summed E-state index contributed by atoms with van der Waals surface area (Å²) < 4.78 is 5.09. The average Bonchev–Trinajstić information content (AvgIpc) is 2.61. The number of rotatable bonds is 6. The first-order valence-electron chi connectivity index (χ1n) is 8.68. The predicted molar refractivity (Wildman–Crippen MR) is 104 cm³/mol. The highest BCUT2D eigenvalue weighted by Crippen LogP contribution is 2.16. The van der Waals surface area contributed by atoms with Gasteiger partial charge in [0, 0.05) is 11.3 Å². The second-order valence-electron chi connectivity index (χ2n) is 6.49. The summed E-state index contributed by atoms with van der Waals surface area (Å²) in [5.74, 6) is -1.48. The molecule has 2 amide bonds. The number of hydrogen-bond acceptors (Lipinski definition) is 4. The second-order valence-corrected chi connectivity index (χ2v) is 6.49. The topological polar surface area (TPSA) is 84.5 Å². The Bertz CT molecular complexity index is 861. The molecule has 0 saturated carbocycles. The van der Waals surface area contributed by atoms with Crippen molar-refractivity contribution in [3.8, 4) is 0 Å². The smallest absolute Gasteiger partial charge is 0.326 e. The molecule has 2 N–H and O–H groups in total. The van der Waals surface area contributed by atoms with Crippen molar-refractivity contribution >= 4 is 23.5 Å². The van der Waals surface area contributed by atoms with Crippen molar-refractivity contribution in [1.29, 1.82) is 0 Å². The zero-order valence-corrected chi connectivity index (χ0v) is 16.0. The molecule has 0 radical (unpaired) electrons. The molecule has 142 valence electrons. The van der Waals surface area contributed by atoms with Crippen LogP contribution in [0.1, 0.15) is 34.0 Å². The van der Waals surface area contributed by atoms with Crippen LogP contribution in [0.15, 0.2) is 42.5 Å². The summed E-state index contributed by atoms with van der Waals surface area (Å²) in [6.45, 7) is 6.91. The molecule has 1 unspecified atom stereocenters. The molecule has 0 fully saturated rings. The van der Waals surface area contributed by atoms with Crippen LogP contribution in [0, 0.1) is 20.8 Å². The normalized spacial score (nSPS) is 11.4. The van der Waals surface area contributed by atoms with Crippen LogP contribution in [-0.2, 0) is 14.3 Å². The van der Waals surface area contributed by atoms with E-state index in [-0.39, 0.29) is 12.5 Å². The Hall–Kier alpha value is -3.15. The third-order valence-electron chi connectivity index (χ3n) is 3.99. The number of carbonyl (C=O) groups excluding carboxylic acids is 3. The lowest BCUT2D eigenvalue weighted by Gasteiger charge is -2.15. The van der Waals surface area contributed by atoms with Crippen LogP contribution in [-0.4, -0.2) is 30.4 Å². The fraction of sp³-hybridized carbons (Fsp3) is 0.286. The number of carbonyl (C=O) groups is 3. The minimum atomic E-state index is -0.978. The fourth-order valence-electron chi connectivity index (χ4n) is 2.52. The van der Waals surface area contributed by atoms with E-state index in [0.717, 1.165) is 16.7 Å². The summed E-state index contributed by atoms with van der Waals surface area (Å²) in [5, 5.41) is 5.23. The molecule has 1 atom stereocenters. The standard InChI is InChI=1S/C21H24N2O4/c1-13-6-5-7-17(11-13)21(26)22-12-19(24)27-16(4)20(25)23-18-9-8-14(2)10-15(18)3/h5-11,16H,12H2,1-4H3,(H,22,26)(H,23,25). The van der Waals surface area contributed by atoms with Gasteiger partial charge in [0.1, 0.15) is 6.54 Å². The number of hydrogen-bond donors (Lipinski definition) is 2. The highest BCUT2D eigenvalue weighted by molar-refractivity contribution is 5.97. The molecule has 0 saturated heterocycles. The molecule has 2 aromatic carbocycles. The van der Waals surface area contributed by atoms with Gasteiger partial charge in [0.05, 0.1) is 0 Å². The monoisotopic (exact) mass is 368 g/mol. The minimum absolute atomic E-state index is 0.312. The van der Waals surface area contributed by atoms with E-state index in [2.05, 4.69) is 10.6 Å². The molecule has 0 aliphatic heterocycles. The maximum atomic E-state index is 12.2. The van der Waals surface area contributed by atoms with Crippen LogP contribution in [0.2, 0.25) is 0 Å². The molecule has 0 heterocycles. The van der Waals surface area contributed by atoms with E-state index in [1.165, 1.54) is 6.92 Å². The number of nitrogens with one attached hydrogen (secondary N) is 2. The lowest BCUT2D eigenvalue weighted by molar-refractivity contribution is -0.152. The lowest BCUT2D eigenvalue weighted by Crippen LogP contribution is -2.36. The number of benzene rings is 2. The van der Waals surface area contributed by atoms with Gasteiger partial charge in [-0.15, -0.1) is 0 Å². The Morgan fingerprint density at radius 2 is 1.70 bits per heavy atom. The van der Waals surface area contributed by atoms with E-state index in [4.69, 9.17) is 4.74 Å². The number of anilines is 1. The van der Waals surface area contributed by atoms with Crippen molar-refractivity contribution in [3.05, 3.63) is 64.7 Å². The van der Waals surface area contributed by atoms with E-state index >= 15 is 0 Å². The van der Waals surface area contributed by atoms with Crippen LogP contribution in [0.3, 0.4) is 0 Å². The van der Waals surface area contributed by atoms with Gasteiger partial charge in [-0.05, 0) is 51.5 Å². The van der Waals surface area contributed by atoms with E-state index in [9.17, 15) is 14.4 Å². The number of ether oxygens (including phenoxy) is 1. The summed E-state index contributed by atoms with van der Waals surface area (Å²) in [5.41, 5.74) is 4.09.